The predicted octanol–water partition coefficient (Wildman–Crippen LogP) is 2.08. The lowest BCUT2D eigenvalue weighted by molar-refractivity contribution is -0.129. The minimum absolute atomic E-state index is 0.0170. The van der Waals surface area contributed by atoms with Crippen molar-refractivity contribution in [1.82, 2.24) is 15.5 Å². The summed E-state index contributed by atoms with van der Waals surface area (Å²) in [6.45, 7) is 1.65. The fourth-order valence-electron chi connectivity index (χ4n) is 3.17. The normalized spacial score (nSPS) is 15.8. The second-order valence-corrected chi connectivity index (χ2v) is 6.94. The number of amides is 3. The number of alkyl carbamates (subject to hydrolysis) is 1. The third kappa shape index (κ3) is 6.34. The maximum atomic E-state index is 12.3. The monoisotopic (exact) mass is 395 g/mol. The van der Waals surface area contributed by atoms with Gasteiger partial charge in [0.1, 0.15) is 6.61 Å². The van der Waals surface area contributed by atoms with Crippen molar-refractivity contribution < 1.29 is 19.1 Å². The van der Waals surface area contributed by atoms with Crippen LogP contribution in [-0.2, 0) is 27.5 Å². The SMILES string of the molecule is O=C(NCCNC(=O)C1CC(=O)N(Cc2ccccc2)C1)OCc1ccccc1. The Morgan fingerprint density at radius 2 is 1.55 bits per heavy atom. The second kappa shape index (κ2) is 10.3. The van der Waals surface area contributed by atoms with Crippen molar-refractivity contribution in [2.45, 2.75) is 19.6 Å². The summed E-state index contributed by atoms with van der Waals surface area (Å²) in [7, 11) is 0. The highest BCUT2D eigenvalue weighted by Crippen LogP contribution is 2.20. The molecule has 1 aliphatic rings. The standard InChI is InChI=1S/C22H25N3O4/c26-20-13-19(15-25(20)14-17-7-3-1-4-8-17)21(27)23-11-12-24-22(28)29-16-18-9-5-2-6-10-18/h1-10,19H,11-16H2,(H,23,27)(H,24,28). The summed E-state index contributed by atoms with van der Waals surface area (Å²) in [6, 6.07) is 19.1. The molecule has 0 aliphatic carbocycles. The largest absolute Gasteiger partial charge is 0.445 e. The van der Waals surface area contributed by atoms with E-state index in [0.717, 1.165) is 11.1 Å². The van der Waals surface area contributed by atoms with Gasteiger partial charge in [-0.3, -0.25) is 9.59 Å². The molecule has 0 spiro atoms. The summed E-state index contributed by atoms with van der Waals surface area (Å²) < 4.78 is 5.11. The molecule has 1 fully saturated rings. The zero-order valence-corrected chi connectivity index (χ0v) is 16.2. The van der Waals surface area contributed by atoms with Crippen molar-refractivity contribution >= 4 is 17.9 Å². The molecule has 2 aromatic rings. The van der Waals surface area contributed by atoms with E-state index in [1.807, 2.05) is 60.7 Å². The first kappa shape index (κ1) is 20.4. The maximum absolute atomic E-state index is 12.3. The zero-order valence-electron chi connectivity index (χ0n) is 16.2. The van der Waals surface area contributed by atoms with Crippen molar-refractivity contribution in [3.8, 4) is 0 Å². The Morgan fingerprint density at radius 3 is 2.24 bits per heavy atom. The molecule has 152 valence electrons. The fraction of sp³-hybridized carbons (Fsp3) is 0.318. The lowest BCUT2D eigenvalue weighted by atomic mass is 10.1. The molecule has 0 saturated carbocycles. The molecule has 29 heavy (non-hydrogen) atoms. The quantitative estimate of drug-likeness (QED) is 0.670. The molecular formula is C22H25N3O4. The van der Waals surface area contributed by atoms with Crippen LogP contribution in [-0.4, -0.2) is 42.4 Å². The summed E-state index contributed by atoms with van der Waals surface area (Å²) in [5.41, 5.74) is 1.95. The van der Waals surface area contributed by atoms with Crippen molar-refractivity contribution in [3.63, 3.8) is 0 Å². The number of nitrogens with zero attached hydrogens (tertiary/aromatic N) is 1. The first-order valence-corrected chi connectivity index (χ1v) is 9.66. The summed E-state index contributed by atoms with van der Waals surface area (Å²) in [6.07, 6.45) is -0.321. The number of carbonyl (C=O) groups excluding carboxylic acids is 3. The van der Waals surface area contributed by atoms with Crippen molar-refractivity contribution in [2.75, 3.05) is 19.6 Å². The minimum Gasteiger partial charge on any atom is -0.445 e. The number of carbonyl (C=O) groups is 3. The van der Waals surface area contributed by atoms with E-state index in [9.17, 15) is 14.4 Å². The van der Waals surface area contributed by atoms with Gasteiger partial charge in [0.2, 0.25) is 11.8 Å². The van der Waals surface area contributed by atoms with Gasteiger partial charge in [-0.25, -0.2) is 4.79 Å². The molecule has 2 aromatic carbocycles. The van der Waals surface area contributed by atoms with Crippen LogP contribution in [0.15, 0.2) is 60.7 Å². The van der Waals surface area contributed by atoms with Crippen LogP contribution in [0.1, 0.15) is 17.5 Å². The summed E-state index contributed by atoms with van der Waals surface area (Å²) in [4.78, 5) is 37.9. The Labute approximate surface area is 170 Å². The molecule has 1 aliphatic heterocycles. The molecule has 1 saturated heterocycles. The van der Waals surface area contributed by atoms with Gasteiger partial charge >= 0.3 is 6.09 Å². The van der Waals surface area contributed by atoms with Gasteiger partial charge in [0.15, 0.2) is 0 Å². The molecule has 0 bridgehead atoms. The minimum atomic E-state index is -0.534. The van der Waals surface area contributed by atoms with E-state index < -0.39 is 6.09 Å². The average molecular weight is 395 g/mol. The Bertz CT molecular complexity index is 826. The first-order valence-electron chi connectivity index (χ1n) is 9.66. The van der Waals surface area contributed by atoms with E-state index in [4.69, 9.17) is 4.74 Å². The van der Waals surface area contributed by atoms with Gasteiger partial charge in [0.05, 0.1) is 5.92 Å². The topological polar surface area (TPSA) is 87.7 Å². The highest BCUT2D eigenvalue weighted by atomic mass is 16.5. The Hall–Kier alpha value is -3.35. The van der Waals surface area contributed by atoms with E-state index in [1.54, 1.807) is 4.90 Å². The van der Waals surface area contributed by atoms with Gasteiger partial charge in [-0.1, -0.05) is 60.7 Å². The third-order valence-corrected chi connectivity index (χ3v) is 4.71. The summed E-state index contributed by atoms with van der Waals surface area (Å²) >= 11 is 0. The predicted molar refractivity (Wildman–Crippen MR) is 108 cm³/mol. The molecule has 3 amide bonds. The van der Waals surface area contributed by atoms with Crippen molar-refractivity contribution in [2.24, 2.45) is 5.92 Å². The van der Waals surface area contributed by atoms with Crippen LogP contribution in [0.4, 0.5) is 4.79 Å². The Kier molecular flexibility index (Phi) is 7.22. The zero-order chi connectivity index (χ0) is 20.5. The van der Waals surface area contributed by atoms with Crippen LogP contribution in [0.3, 0.4) is 0 Å². The van der Waals surface area contributed by atoms with Gasteiger partial charge in [0, 0.05) is 32.6 Å². The molecule has 0 aromatic heterocycles. The van der Waals surface area contributed by atoms with Gasteiger partial charge in [-0.15, -0.1) is 0 Å². The summed E-state index contributed by atoms with van der Waals surface area (Å²) in [5.74, 6) is -0.554. The third-order valence-electron chi connectivity index (χ3n) is 4.71. The molecule has 7 nitrogen and oxygen atoms in total. The smallest absolute Gasteiger partial charge is 0.407 e. The van der Waals surface area contributed by atoms with Crippen LogP contribution in [0, 0.1) is 5.92 Å². The molecular weight excluding hydrogens is 370 g/mol. The number of ether oxygens (including phenoxy) is 1. The Morgan fingerprint density at radius 1 is 0.931 bits per heavy atom. The molecule has 1 unspecified atom stereocenters. The molecule has 1 heterocycles. The average Bonchev–Trinajstić information content (AvgIpc) is 3.11. The molecule has 0 radical (unpaired) electrons. The second-order valence-electron chi connectivity index (χ2n) is 6.94. The van der Waals surface area contributed by atoms with Gasteiger partial charge in [-0.2, -0.15) is 0 Å². The van der Waals surface area contributed by atoms with Crippen molar-refractivity contribution in [1.29, 1.82) is 0 Å². The molecule has 7 heteroatoms. The van der Waals surface area contributed by atoms with Crippen LogP contribution in [0.25, 0.3) is 0 Å². The molecule has 1 atom stereocenters. The first-order chi connectivity index (χ1) is 14.1. The van der Waals surface area contributed by atoms with Crippen LogP contribution >= 0.6 is 0 Å². The van der Waals surface area contributed by atoms with Gasteiger partial charge in [-0.05, 0) is 11.1 Å². The lowest BCUT2D eigenvalue weighted by Crippen LogP contribution is -2.38. The van der Waals surface area contributed by atoms with E-state index in [0.29, 0.717) is 13.1 Å². The highest BCUT2D eigenvalue weighted by Gasteiger charge is 2.33. The summed E-state index contributed by atoms with van der Waals surface area (Å²) in [5, 5.41) is 5.37. The number of rotatable bonds is 8. The fourth-order valence-corrected chi connectivity index (χ4v) is 3.17. The maximum Gasteiger partial charge on any atom is 0.407 e. The van der Waals surface area contributed by atoms with E-state index in [2.05, 4.69) is 10.6 Å². The highest BCUT2D eigenvalue weighted by molar-refractivity contribution is 5.89. The van der Waals surface area contributed by atoms with Crippen LogP contribution < -0.4 is 10.6 Å². The number of benzene rings is 2. The van der Waals surface area contributed by atoms with Gasteiger partial charge < -0.3 is 20.3 Å². The van der Waals surface area contributed by atoms with Crippen LogP contribution in [0.5, 0.6) is 0 Å². The lowest BCUT2D eigenvalue weighted by Gasteiger charge is -2.16. The van der Waals surface area contributed by atoms with E-state index >= 15 is 0 Å². The van der Waals surface area contributed by atoms with E-state index in [-0.39, 0.29) is 43.8 Å². The van der Waals surface area contributed by atoms with Crippen LogP contribution in [0.2, 0.25) is 0 Å². The Balaban J connectivity index is 1.32. The number of hydrogen-bond acceptors (Lipinski definition) is 4. The number of nitrogens with one attached hydrogen (secondary N) is 2. The van der Waals surface area contributed by atoms with E-state index in [1.165, 1.54) is 0 Å². The number of hydrogen-bond donors (Lipinski definition) is 2. The number of likely N-dealkylation sites (tertiary alicyclic amines) is 1. The van der Waals surface area contributed by atoms with Crippen molar-refractivity contribution in [3.05, 3.63) is 71.8 Å². The molecule has 3 rings (SSSR count). The molecule has 2 N–H and O–H groups in total. The van der Waals surface area contributed by atoms with Gasteiger partial charge in [0.25, 0.3) is 0 Å².